The van der Waals surface area contributed by atoms with Gasteiger partial charge in [0.2, 0.25) is 0 Å². The van der Waals surface area contributed by atoms with E-state index < -0.39 is 15.6 Å². The van der Waals surface area contributed by atoms with E-state index in [1.165, 1.54) is 17.6 Å². The maximum Gasteiger partial charge on any atom is 0.295 e. The molecule has 78 valence electrons. The summed E-state index contributed by atoms with van der Waals surface area (Å²) in [4.78, 5) is 12.0. The highest BCUT2D eigenvalue weighted by Gasteiger charge is 2.09. The molecular weight excluding hydrogens is 286 g/mol. The summed E-state index contributed by atoms with van der Waals surface area (Å²) in [6.07, 6.45) is 1.49. The van der Waals surface area contributed by atoms with Crippen LogP contribution >= 0.6 is 27.3 Å². The summed E-state index contributed by atoms with van der Waals surface area (Å²) in [5.74, 6) is 0.000660. The van der Waals surface area contributed by atoms with Crippen LogP contribution in [0.15, 0.2) is 20.3 Å². The average molecular weight is 296 g/mol. The third-order valence-electron chi connectivity index (χ3n) is 1.60. The molecule has 14 heavy (non-hydrogen) atoms. The molecule has 1 aromatic heterocycles. The summed E-state index contributed by atoms with van der Waals surface area (Å²) < 4.78 is 16.1. The minimum Gasteiger partial charge on any atom is -0.265 e. The molecule has 3 nitrogen and oxygen atoms in total. The molecule has 1 aromatic rings. The fraction of sp³-hybridized carbons (Fsp3) is 0.375. The fourth-order valence-electron chi connectivity index (χ4n) is 0.714. The maximum atomic E-state index is 11.6. The molecule has 1 unspecified atom stereocenters. The van der Waals surface area contributed by atoms with Gasteiger partial charge in [-0.15, -0.1) is 11.3 Å². The standard InChI is InChI=1S/C8H10BrNO2S2/c1-3-14(2,12)10-8(11)6-4-5-7(9)13-6/h4-5H,3H2,1-2H3. The molecule has 6 heteroatoms. The van der Waals surface area contributed by atoms with Crippen molar-refractivity contribution in [1.29, 1.82) is 0 Å². The first-order valence-electron chi connectivity index (χ1n) is 3.94. The third-order valence-corrected chi connectivity index (χ3v) is 4.83. The number of thiophene rings is 1. The molecule has 0 spiro atoms. The Balaban J connectivity index is 2.99. The van der Waals surface area contributed by atoms with E-state index >= 15 is 0 Å². The molecular formula is C8H10BrNO2S2. The van der Waals surface area contributed by atoms with Crippen LogP contribution in [0.2, 0.25) is 0 Å². The molecule has 0 aliphatic rings. The second kappa shape index (κ2) is 4.55. The molecule has 0 aliphatic carbocycles. The SMILES string of the molecule is CCS(C)(=O)=NC(=O)c1ccc(Br)s1. The van der Waals surface area contributed by atoms with Gasteiger partial charge in [0.1, 0.15) is 0 Å². The minimum absolute atomic E-state index is 0.393. The Morgan fingerprint density at radius 1 is 1.64 bits per heavy atom. The van der Waals surface area contributed by atoms with Crippen LogP contribution in [-0.2, 0) is 9.73 Å². The van der Waals surface area contributed by atoms with E-state index in [0.29, 0.717) is 10.6 Å². The van der Waals surface area contributed by atoms with Crippen LogP contribution in [0.25, 0.3) is 0 Å². The van der Waals surface area contributed by atoms with Gasteiger partial charge < -0.3 is 0 Å². The predicted octanol–water partition coefficient (Wildman–Crippen LogP) is 2.77. The number of carbonyl (C=O) groups is 1. The maximum absolute atomic E-state index is 11.6. The molecule has 1 atom stereocenters. The predicted molar refractivity (Wildman–Crippen MR) is 63.4 cm³/mol. The smallest absolute Gasteiger partial charge is 0.265 e. The lowest BCUT2D eigenvalue weighted by Gasteiger charge is -1.96. The van der Waals surface area contributed by atoms with Crippen molar-refractivity contribution in [3.05, 3.63) is 20.8 Å². The van der Waals surface area contributed by atoms with E-state index in [2.05, 4.69) is 20.3 Å². The molecule has 0 fully saturated rings. The minimum atomic E-state index is -2.34. The van der Waals surface area contributed by atoms with Crippen LogP contribution in [0.3, 0.4) is 0 Å². The van der Waals surface area contributed by atoms with Gasteiger partial charge in [-0.1, -0.05) is 6.92 Å². The zero-order valence-corrected chi connectivity index (χ0v) is 11.0. The molecule has 0 aliphatic heterocycles. The summed E-state index contributed by atoms with van der Waals surface area (Å²) in [5.41, 5.74) is 0. The van der Waals surface area contributed by atoms with Crippen molar-refractivity contribution < 1.29 is 9.00 Å². The van der Waals surface area contributed by atoms with Gasteiger partial charge in [0.25, 0.3) is 5.91 Å². The average Bonchev–Trinajstić information content (AvgIpc) is 2.51. The molecule has 1 rings (SSSR count). The fourth-order valence-corrected chi connectivity index (χ4v) is 2.62. The van der Waals surface area contributed by atoms with Crippen LogP contribution < -0.4 is 0 Å². The Morgan fingerprint density at radius 3 is 2.71 bits per heavy atom. The van der Waals surface area contributed by atoms with Crippen molar-refractivity contribution in [2.45, 2.75) is 6.92 Å². The lowest BCUT2D eigenvalue weighted by atomic mass is 10.5. The molecule has 1 amide bonds. The molecule has 0 aromatic carbocycles. The Bertz CT molecular complexity index is 458. The summed E-state index contributed by atoms with van der Waals surface area (Å²) in [6, 6.07) is 3.45. The normalized spacial score (nSPS) is 14.8. The monoisotopic (exact) mass is 295 g/mol. The van der Waals surface area contributed by atoms with Gasteiger partial charge in [0, 0.05) is 12.0 Å². The van der Waals surface area contributed by atoms with Gasteiger partial charge in [-0.25, -0.2) is 4.21 Å². The van der Waals surface area contributed by atoms with Crippen LogP contribution in [0.4, 0.5) is 0 Å². The quantitative estimate of drug-likeness (QED) is 0.842. The molecule has 0 saturated heterocycles. The summed E-state index contributed by atoms with van der Waals surface area (Å²) >= 11 is 4.55. The molecule has 0 saturated carbocycles. The summed E-state index contributed by atoms with van der Waals surface area (Å²) in [6.45, 7) is 1.75. The molecule has 0 radical (unpaired) electrons. The van der Waals surface area contributed by atoms with Crippen molar-refractivity contribution in [3.63, 3.8) is 0 Å². The summed E-state index contributed by atoms with van der Waals surface area (Å²) in [7, 11) is -2.34. The first-order chi connectivity index (χ1) is 6.44. The van der Waals surface area contributed by atoms with E-state index in [4.69, 9.17) is 0 Å². The largest absolute Gasteiger partial charge is 0.295 e. The van der Waals surface area contributed by atoms with Gasteiger partial charge in [-0.2, -0.15) is 4.36 Å². The van der Waals surface area contributed by atoms with Crippen molar-refractivity contribution in [2.75, 3.05) is 12.0 Å². The van der Waals surface area contributed by atoms with Gasteiger partial charge in [-0.3, -0.25) is 4.79 Å². The topological polar surface area (TPSA) is 46.5 Å². The number of hydrogen-bond donors (Lipinski definition) is 0. The van der Waals surface area contributed by atoms with E-state index in [1.54, 1.807) is 19.1 Å². The second-order valence-electron chi connectivity index (χ2n) is 2.75. The molecule has 1 heterocycles. The lowest BCUT2D eigenvalue weighted by Crippen LogP contribution is -2.03. The third kappa shape index (κ3) is 3.18. The van der Waals surface area contributed by atoms with E-state index in [9.17, 15) is 9.00 Å². The highest BCUT2D eigenvalue weighted by Crippen LogP contribution is 2.22. The van der Waals surface area contributed by atoms with E-state index in [1.807, 2.05) is 0 Å². The molecule has 0 N–H and O–H groups in total. The first-order valence-corrected chi connectivity index (χ1v) is 7.64. The number of hydrogen-bond acceptors (Lipinski definition) is 3. The Morgan fingerprint density at radius 2 is 2.29 bits per heavy atom. The van der Waals surface area contributed by atoms with Crippen LogP contribution in [-0.4, -0.2) is 22.1 Å². The molecule has 0 bridgehead atoms. The zero-order chi connectivity index (χ0) is 10.8. The lowest BCUT2D eigenvalue weighted by molar-refractivity contribution is 0.101. The van der Waals surface area contributed by atoms with Crippen molar-refractivity contribution in [2.24, 2.45) is 4.36 Å². The van der Waals surface area contributed by atoms with Crippen molar-refractivity contribution in [1.82, 2.24) is 0 Å². The number of rotatable bonds is 2. The van der Waals surface area contributed by atoms with Crippen molar-refractivity contribution >= 4 is 42.9 Å². The summed E-state index contributed by atoms with van der Waals surface area (Å²) in [5, 5.41) is 0. The number of nitrogens with zero attached hydrogens (tertiary/aromatic N) is 1. The zero-order valence-electron chi connectivity index (χ0n) is 7.82. The van der Waals surface area contributed by atoms with E-state index in [-0.39, 0.29) is 0 Å². The van der Waals surface area contributed by atoms with Gasteiger partial charge in [0.15, 0.2) is 0 Å². The van der Waals surface area contributed by atoms with E-state index in [0.717, 1.165) is 3.79 Å². The Labute approximate surface area is 95.8 Å². The van der Waals surface area contributed by atoms with Crippen LogP contribution in [0.5, 0.6) is 0 Å². The number of carbonyl (C=O) groups excluding carboxylic acids is 1. The van der Waals surface area contributed by atoms with Crippen molar-refractivity contribution in [3.8, 4) is 0 Å². The van der Waals surface area contributed by atoms with Gasteiger partial charge in [0.05, 0.1) is 18.4 Å². The number of halogens is 1. The Hall–Kier alpha value is -0.200. The first kappa shape index (κ1) is 11.9. The van der Waals surface area contributed by atoms with Crippen LogP contribution in [0, 0.1) is 0 Å². The van der Waals surface area contributed by atoms with Crippen LogP contribution in [0.1, 0.15) is 16.6 Å². The Kier molecular flexibility index (Phi) is 3.86. The highest BCUT2D eigenvalue weighted by atomic mass is 79.9. The highest BCUT2D eigenvalue weighted by molar-refractivity contribution is 9.11. The van der Waals surface area contributed by atoms with Gasteiger partial charge >= 0.3 is 0 Å². The van der Waals surface area contributed by atoms with Gasteiger partial charge in [-0.05, 0) is 28.1 Å². The second-order valence-corrected chi connectivity index (χ2v) is 7.89. The number of amides is 1.